The predicted molar refractivity (Wildman–Crippen MR) is 69.1 cm³/mol. The summed E-state index contributed by atoms with van der Waals surface area (Å²) >= 11 is 0. The third-order valence-electron chi connectivity index (χ3n) is 2.53. The molecule has 0 bridgehead atoms. The number of aryl methyl sites for hydroxylation is 1. The Bertz CT molecular complexity index is 547. The zero-order valence-corrected chi connectivity index (χ0v) is 10.3. The Kier molecular flexibility index (Phi) is 3.63. The number of methoxy groups -OCH3 is 1. The molecule has 2 rings (SSSR count). The van der Waals surface area contributed by atoms with Crippen LogP contribution in [-0.4, -0.2) is 13.1 Å². The summed E-state index contributed by atoms with van der Waals surface area (Å²) in [5, 5.41) is 0. The maximum absolute atomic E-state index is 11.9. The number of carbonyl (C=O) groups is 1. The van der Waals surface area contributed by atoms with Crippen LogP contribution in [0.15, 0.2) is 48.5 Å². The third-order valence-corrected chi connectivity index (χ3v) is 2.53. The minimum absolute atomic E-state index is 0.389. The lowest BCUT2D eigenvalue weighted by Crippen LogP contribution is -2.09. The van der Waals surface area contributed by atoms with Crippen LogP contribution in [0.3, 0.4) is 0 Å². The topological polar surface area (TPSA) is 35.5 Å². The van der Waals surface area contributed by atoms with Gasteiger partial charge in [0.25, 0.3) is 0 Å². The average Bonchev–Trinajstić information content (AvgIpc) is 2.40. The highest BCUT2D eigenvalue weighted by molar-refractivity contribution is 5.91. The summed E-state index contributed by atoms with van der Waals surface area (Å²) in [5.74, 6) is 0.593. The highest BCUT2D eigenvalue weighted by atomic mass is 16.6. The molecule has 0 amide bonds. The molecule has 0 heterocycles. The molecule has 0 aliphatic rings. The van der Waals surface area contributed by atoms with E-state index in [9.17, 15) is 4.79 Å². The Labute approximate surface area is 106 Å². The molecule has 0 atom stereocenters. The fourth-order valence-corrected chi connectivity index (χ4v) is 1.60. The zero-order chi connectivity index (χ0) is 13.0. The maximum Gasteiger partial charge on any atom is 0.343 e. The van der Waals surface area contributed by atoms with Crippen molar-refractivity contribution in [3.8, 4) is 11.5 Å². The van der Waals surface area contributed by atoms with Crippen molar-refractivity contribution in [2.75, 3.05) is 7.11 Å². The summed E-state index contributed by atoms with van der Waals surface area (Å²) < 4.78 is 10.5. The fourth-order valence-electron chi connectivity index (χ4n) is 1.60. The van der Waals surface area contributed by atoms with Gasteiger partial charge >= 0.3 is 5.97 Å². The standard InChI is InChI=1S/C15H14O3/c1-11-8-9-13(17-2)14(10-11)18-15(16)12-6-4-3-5-7-12/h3-10H,1-2H3. The molecule has 3 heteroatoms. The average molecular weight is 242 g/mol. The second-order valence-corrected chi connectivity index (χ2v) is 3.91. The van der Waals surface area contributed by atoms with Gasteiger partial charge in [0.1, 0.15) is 0 Å². The molecular weight excluding hydrogens is 228 g/mol. The van der Waals surface area contributed by atoms with Gasteiger partial charge in [-0.05, 0) is 36.8 Å². The highest BCUT2D eigenvalue weighted by Crippen LogP contribution is 2.28. The van der Waals surface area contributed by atoms with Crippen LogP contribution in [0, 0.1) is 6.92 Å². The second-order valence-electron chi connectivity index (χ2n) is 3.91. The molecule has 0 aliphatic carbocycles. The largest absolute Gasteiger partial charge is 0.493 e. The monoisotopic (exact) mass is 242 g/mol. The van der Waals surface area contributed by atoms with Gasteiger partial charge in [-0.3, -0.25) is 0 Å². The Morgan fingerprint density at radius 1 is 1.00 bits per heavy atom. The van der Waals surface area contributed by atoms with Crippen molar-refractivity contribution in [2.24, 2.45) is 0 Å². The van der Waals surface area contributed by atoms with Gasteiger partial charge in [-0.2, -0.15) is 0 Å². The first-order valence-corrected chi connectivity index (χ1v) is 5.62. The van der Waals surface area contributed by atoms with E-state index in [2.05, 4.69) is 0 Å². The van der Waals surface area contributed by atoms with Crippen LogP contribution in [0.5, 0.6) is 11.5 Å². The highest BCUT2D eigenvalue weighted by Gasteiger charge is 2.11. The smallest absolute Gasteiger partial charge is 0.343 e. The van der Waals surface area contributed by atoms with Gasteiger partial charge < -0.3 is 9.47 Å². The first kappa shape index (κ1) is 12.2. The van der Waals surface area contributed by atoms with E-state index >= 15 is 0 Å². The van der Waals surface area contributed by atoms with Crippen molar-refractivity contribution in [1.29, 1.82) is 0 Å². The number of rotatable bonds is 3. The molecule has 0 aliphatic heterocycles. The number of benzene rings is 2. The number of ether oxygens (including phenoxy) is 2. The van der Waals surface area contributed by atoms with Crippen molar-refractivity contribution in [3.63, 3.8) is 0 Å². The number of hydrogen-bond acceptors (Lipinski definition) is 3. The third kappa shape index (κ3) is 2.69. The van der Waals surface area contributed by atoms with Crippen molar-refractivity contribution < 1.29 is 14.3 Å². The van der Waals surface area contributed by atoms with Crippen LogP contribution in [-0.2, 0) is 0 Å². The zero-order valence-electron chi connectivity index (χ0n) is 10.3. The van der Waals surface area contributed by atoms with Crippen LogP contribution in [0.25, 0.3) is 0 Å². The summed E-state index contributed by atoms with van der Waals surface area (Å²) in [6.45, 7) is 1.93. The van der Waals surface area contributed by atoms with Crippen LogP contribution in [0.4, 0.5) is 0 Å². The first-order chi connectivity index (χ1) is 8.70. The molecule has 18 heavy (non-hydrogen) atoms. The second kappa shape index (κ2) is 5.36. The van der Waals surface area contributed by atoms with E-state index < -0.39 is 0 Å². The van der Waals surface area contributed by atoms with Crippen LogP contribution >= 0.6 is 0 Å². The van der Waals surface area contributed by atoms with Gasteiger partial charge in [0, 0.05) is 0 Å². The van der Waals surface area contributed by atoms with E-state index in [1.54, 1.807) is 43.5 Å². The molecule has 0 aromatic heterocycles. The van der Waals surface area contributed by atoms with Crippen molar-refractivity contribution >= 4 is 5.97 Å². The molecule has 3 nitrogen and oxygen atoms in total. The Hall–Kier alpha value is -2.29. The van der Waals surface area contributed by atoms with E-state index in [1.165, 1.54) is 0 Å². The summed E-state index contributed by atoms with van der Waals surface area (Å²) in [4.78, 5) is 11.9. The summed E-state index contributed by atoms with van der Waals surface area (Å²) in [6, 6.07) is 14.3. The normalized spacial score (nSPS) is 9.89. The molecule has 0 saturated carbocycles. The molecule has 0 spiro atoms. The minimum atomic E-state index is -0.389. The summed E-state index contributed by atoms with van der Waals surface area (Å²) in [7, 11) is 1.55. The van der Waals surface area contributed by atoms with E-state index in [4.69, 9.17) is 9.47 Å². The van der Waals surface area contributed by atoms with Crippen molar-refractivity contribution in [1.82, 2.24) is 0 Å². The molecule has 92 valence electrons. The SMILES string of the molecule is COc1ccc(C)cc1OC(=O)c1ccccc1. The Balaban J connectivity index is 2.24. The lowest BCUT2D eigenvalue weighted by molar-refractivity contribution is 0.0729. The van der Waals surface area contributed by atoms with Crippen molar-refractivity contribution in [2.45, 2.75) is 6.92 Å². The van der Waals surface area contributed by atoms with Crippen LogP contribution < -0.4 is 9.47 Å². The molecule has 0 saturated heterocycles. The molecule has 2 aromatic carbocycles. The van der Waals surface area contributed by atoms with Gasteiger partial charge in [-0.15, -0.1) is 0 Å². The first-order valence-electron chi connectivity index (χ1n) is 5.62. The van der Waals surface area contributed by atoms with E-state index in [0.29, 0.717) is 17.1 Å². The minimum Gasteiger partial charge on any atom is -0.493 e. The van der Waals surface area contributed by atoms with Crippen LogP contribution in [0.2, 0.25) is 0 Å². The lowest BCUT2D eigenvalue weighted by Gasteiger charge is -2.09. The van der Waals surface area contributed by atoms with Gasteiger partial charge in [0.05, 0.1) is 12.7 Å². The molecule has 0 unspecified atom stereocenters. The van der Waals surface area contributed by atoms with E-state index in [1.807, 2.05) is 19.1 Å². The summed E-state index contributed by atoms with van der Waals surface area (Å²) in [6.07, 6.45) is 0. The van der Waals surface area contributed by atoms with Gasteiger partial charge in [-0.1, -0.05) is 24.3 Å². The molecule has 0 N–H and O–H groups in total. The Morgan fingerprint density at radius 2 is 1.72 bits per heavy atom. The molecule has 0 fully saturated rings. The number of hydrogen-bond donors (Lipinski definition) is 0. The van der Waals surface area contributed by atoms with Gasteiger partial charge in [-0.25, -0.2) is 4.79 Å². The lowest BCUT2D eigenvalue weighted by atomic mass is 10.2. The van der Waals surface area contributed by atoms with Crippen LogP contribution in [0.1, 0.15) is 15.9 Å². The van der Waals surface area contributed by atoms with Crippen molar-refractivity contribution in [3.05, 3.63) is 59.7 Å². The number of carbonyl (C=O) groups excluding carboxylic acids is 1. The quantitative estimate of drug-likeness (QED) is 0.612. The number of esters is 1. The van der Waals surface area contributed by atoms with E-state index in [0.717, 1.165) is 5.56 Å². The van der Waals surface area contributed by atoms with E-state index in [-0.39, 0.29) is 5.97 Å². The predicted octanol–water partition coefficient (Wildman–Crippen LogP) is 3.22. The molecular formula is C15H14O3. The maximum atomic E-state index is 11.9. The summed E-state index contributed by atoms with van der Waals surface area (Å²) in [5.41, 5.74) is 1.52. The molecule has 0 radical (unpaired) electrons. The van der Waals surface area contributed by atoms with Gasteiger partial charge in [0.15, 0.2) is 11.5 Å². The Morgan fingerprint density at radius 3 is 2.39 bits per heavy atom. The fraction of sp³-hybridized carbons (Fsp3) is 0.133. The van der Waals surface area contributed by atoms with Gasteiger partial charge in [0.2, 0.25) is 0 Å². The molecule has 2 aromatic rings.